The molecule has 1 aliphatic heterocycles. The molecule has 8 nitrogen and oxygen atoms in total. The highest BCUT2D eigenvalue weighted by atomic mass is 127. The van der Waals surface area contributed by atoms with E-state index >= 15 is 0 Å². The number of nitrogens with one attached hydrogen (secondary N) is 1. The van der Waals surface area contributed by atoms with Crippen LogP contribution in [0.25, 0.3) is 0 Å². The molecule has 0 saturated carbocycles. The van der Waals surface area contributed by atoms with Crippen molar-refractivity contribution in [1.82, 2.24) is 30.0 Å². The number of hydrogen-bond acceptors (Lipinski definition) is 6. The SMILES string of the molecule is Cc1nnc(CN=C(NCC2CCCO2)N(C)Cc2nc3c(s2)CCCC3)n1C.I. The molecule has 0 radical (unpaired) electrons. The first-order chi connectivity index (χ1) is 14.1. The van der Waals surface area contributed by atoms with Gasteiger partial charge in [0.25, 0.3) is 0 Å². The van der Waals surface area contributed by atoms with Crippen molar-refractivity contribution in [2.45, 2.75) is 64.6 Å². The third kappa shape index (κ3) is 5.70. The molecule has 30 heavy (non-hydrogen) atoms. The van der Waals surface area contributed by atoms with Crippen LogP contribution in [0.2, 0.25) is 0 Å². The standard InChI is InChI=1S/C20H31N7OS.HI/c1-14-24-25-18(27(14)3)12-22-20(21-11-15-7-6-10-28-15)26(2)13-19-23-16-8-4-5-9-17(16)29-19;/h15H,4-13H2,1-3H3,(H,21,22);1H. The van der Waals surface area contributed by atoms with E-state index in [-0.39, 0.29) is 30.1 Å². The van der Waals surface area contributed by atoms with E-state index in [4.69, 9.17) is 14.7 Å². The normalized spacial score (nSPS) is 18.8. The van der Waals surface area contributed by atoms with Gasteiger partial charge in [0.15, 0.2) is 11.8 Å². The van der Waals surface area contributed by atoms with Crippen LogP contribution < -0.4 is 5.32 Å². The van der Waals surface area contributed by atoms with Crippen LogP contribution in [-0.2, 0) is 37.7 Å². The van der Waals surface area contributed by atoms with Gasteiger partial charge in [0.2, 0.25) is 0 Å². The van der Waals surface area contributed by atoms with Crippen molar-refractivity contribution in [2.75, 3.05) is 20.2 Å². The molecule has 1 fully saturated rings. The summed E-state index contributed by atoms with van der Waals surface area (Å²) in [5, 5.41) is 13.0. The molecule has 0 spiro atoms. The summed E-state index contributed by atoms with van der Waals surface area (Å²) in [6, 6.07) is 0. The first kappa shape index (κ1) is 23.4. The molecule has 2 aromatic rings. The van der Waals surface area contributed by atoms with Gasteiger partial charge in [-0.3, -0.25) is 0 Å². The summed E-state index contributed by atoms with van der Waals surface area (Å²) in [6.45, 7) is 4.83. The van der Waals surface area contributed by atoms with Gasteiger partial charge in [-0.05, 0) is 45.4 Å². The molecule has 4 rings (SSSR count). The molecule has 1 aliphatic carbocycles. The second-order valence-electron chi connectivity index (χ2n) is 7.92. The number of fused-ring (bicyclic) bond motifs is 1. The fourth-order valence-electron chi connectivity index (χ4n) is 3.81. The summed E-state index contributed by atoms with van der Waals surface area (Å²) in [5.74, 6) is 2.61. The van der Waals surface area contributed by atoms with Gasteiger partial charge in [0.05, 0.1) is 18.3 Å². The molecular weight excluding hydrogens is 513 g/mol. The molecule has 0 bridgehead atoms. The van der Waals surface area contributed by atoms with E-state index in [2.05, 4.69) is 27.5 Å². The van der Waals surface area contributed by atoms with Crippen LogP contribution in [0.15, 0.2) is 4.99 Å². The molecule has 3 heterocycles. The molecule has 0 amide bonds. The highest BCUT2D eigenvalue weighted by Crippen LogP contribution is 2.27. The number of ether oxygens (including phenoxy) is 1. The Labute approximate surface area is 199 Å². The summed E-state index contributed by atoms with van der Waals surface area (Å²) >= 11 is 1.86. The predicted octanol–water partition coefficient (Wildman–Crippen LogP) is 2.83. The van der Waals surface area contributed by atoms with Crippen molar-refractivity contribution in [3.63, 3.8) is 0 Å². The smallest absolute Gasteiger partial charge is 0.194 e. The number of thiazole rings is 1. The van der Waals surface area contributed by atoms with Crippen LogP contribution in [0.5, 0.6) is 0 Å². The molecule has 2 aliphatic rings. The zero-order valence-corrected chi connectivity index (χ0v) is 21.2. The Hall–Kier alpha value is -1.27. The van der Waals surface area contributed by atoms with Crippen molar-refractivity contribution in [1.29, 1.82) is 0 Å². The van der Waals surface area contributed by atoms with Crippen molar-refractivity contribution >= 4 is 41.3 Å². The van der Waals surface area contributed by atoms with Gasteiger partial charge in [-0.2, -0.15) is 0 Å². The van der Waals surface area contributed by atoms with Crippen molar-refractivity contribution in [3.05, 3.63) is 27.2 Å². The van der Waals surface area contributed by atoms with Gasteiger partial charge in [-0.15, -0.1) is 45.5 Å². The quantitative estimate of drug-likeness (QED) is 0.342. The number of rotatable bonds is 6. The molecule has 1 unspecified atom stereocenters. The lowest BCUT2D eigenvalue weighted by atomic mass is 10.0. The van der Waals surface area contributed by atoms with Crippen LogP contribution >= 0.6 is 35.3 Å². The maximum absolute atomic E-state index is 5.77. The molecule has 1 saturated heterocycles. The van der Waals surface area contributed by atoms with Gasteiger partial charge in [-0.1, -0.05) is 0 Å². The Bertz CT molecular complexity index is 836. The summed E-state index contributed by atoms with van der Waals surface area (Å²) < 4.78 is 7.75. The van der Waals surface area contributed by atoms with E-state index in [0.717, 1.165) is 56.6 Å². The molecule has 10 heteroatoms. The van der Waals surface area contributed by atoms with E-state index in [0.29, 0.717) is 6.54 Å². The lowest BCUT2D eigenvalue weighted by molar-refractivity contribution is 0.113. The molecule has 0 aromatic carbocycles. The van der Waals surface area contributed by atoms with E-state index in [1.807, 2.05) is 29.9 Å². The number of aliphatic imine (C=N–C) groups is 1. The van der Waals surface area contributed by atoms with Crippen LogP contribution in [0, 0.1) is 6.92 Å². The fraction of sp³-hybridized carbons (Fsp3) is 0.700. The van der Waals surface area contributed by atoms with E-state index in [1.165, 1.54) is 34.8 Å². The Morgan fingerprint density at radius 1 is 1.30 bits per heavy atom. The van der Waals surface area contributed by atoms with Gasteiger partial charge < -0.3 is 19.5 Å². The third-order valence-electron chi connectivity index (χ3n) is 5.69. The zero-order chi connectivity index (χ0) is 20.2. The first-order valence-corrected chi connectivity index (χ1v) is 11.3. The Balaban J connectivity index is 0.00000256. The highest BCUT2D eigenvalue weighted by molar-refractivity contribution is 14.0. The summed E-state index contributed by atoms with van der Waals surface area (Å²) in [7, 11) is 4.05. The Morgan fingerprint density at radius 2 is 2.13 bits per heavy atom. The van der Waals surface area contributed by atoms with E-state index in [1.54, 1.807) is 0 Å². The maximum atomic E-state index is 5.77. The average Bonchev–Trinajstić information content (AvgIpc) is 3.44. The monoisotopic (exact) mass is 545 g/mol. The van der Waals surface area contributed by atoms with Gasteiger partial charge in [0.1, 0.15) is 17.4 Å². The van der Waals surface area contributed by atoms with Gasteiger partial charge >= 0.3 is 0 Å². The van der Waals surface area contributed by atoms with E-state index in [9.17, 15) is 0 Å². The number of nitrogens with zero attached hydrogens (tertiary/aromatic N) is 6. The molecule has 166 valence electrons. The van der Waals surface area contributed by atoms with Gasteiger partial charge in [0, 0.05) is 32.1 Å². The molecular formula is C20H32IN7OS. The average molecular weight is 545 g/mol. The molecule has 1 atom stereocenters. The minimum atomic E-state index is 0. The number of guanidine groups is 1. The summed E-state index contributed by atoms with van der Waals surface area (Å²) in [4.78, 5) is 13.4. The minimum Gasteiger partial charge on any atom is -0.376 e. The molecule has 1 N–H and O–H groups in total. The zero-order valence-electron chi connectivity index (χ0n) is 18.1. The van der Waals surface area contributed by atoms with Crippen LogP contribution in [0.4, 0.5) is 0 Å². The number of aromatic nitrogens is 4. The Kier molecular flexibility index (Phi) is 8.46. The third-order valence-corrected chi connectivity index (χ3v) is 6.83. The Morgan fingerprint density at radius 3 is 2.83 bits per heavy atom. The van der Waals surface area contributed by atoms with Crippen LogP contribution in [-0.4, -0.2) is 56.9 Å². The summed E-state index contributed by atoms with van der Waals surface area (Å²) in [5.41, 5.74) is 1.31. The number of halogens is 1. The summed E-state index contributed by atoms with van der Waals surface area (Å²) in [6.07, 6.45) is 7.36. The molecule has 2 aromatic heterocycles. The van der Waals surface area contributed by atoms with Crippen molar-refractivity contribution < 1.29 is 4.74 Å². The van der Waals surface area contributed by atoms with Gasteiger partial charge in [-0.25, -0.2) is 9.98 Å². The van der Waals surface area contributed by atoms with E-state index < -0.39 is 0 Å². The van der Waals surface area contributed by atoms with Crippen LogP contribution in [0.3, 0.4) is 0 Å². The number of aryl methyl sites for hydroxylation is 3. The highest BCUT2D eigenvalue weighted by Gasteiger charge is 2.19. The van der Waals surface area contributed by atoms with Crippen molar-refractivity contribution in [3.8, 4) is 0 Å². The second kappa shape index (κ2) is 10.9. The van der Waals surface area contributed by atoms with Crippen molar-refractivity contribution in [2.24, 2.45) is 12.0 Å². The fourth-order valence-corrected chi connectivity index (χ4v) is 5.02. The van der Waals surface area contributed by atoms with Crippen LogP contribution in [0.1, 0.15) is 52.9 Å². The minimum absolute atomic E-state index is 0. The predicted molar refractivity (Wildman–Crippen MR) is 129 cm³/mol. The maximum Gasteiger partial charge on any atom is 0.194 e. The lowest BCUT2D eigenvalue weighted by Crippen LogP contribution is -2.42. The first-order valence-electron chi connectivity index (χ1n) is 10.5. The topological polar surface area (TPSA) is 80.5 Å². The second-order valence-corrected chi connectivity index (χ2v) is 9.09. The largest absolute Gasteiger partial charge is 0.376 e. The number of hydrogen-bond donors (Lipinski definition) is 1. The lowest BCUT2D eigenvalue weighted by Gasteiger charge is -2.23.